The lowest BCUT2D eigenvalue weighted by atomic mass is 10.2. The lowest BCUT2D eigenvalue weighted by Crippen LogP contribution is -2.12. The van der Waals surface area contributed by atoms with Gasteiger partial charge in [-0.05, 0) is 56.1 Å². The van der Waals surface area contributed by atoms with Gasteiger partial charge >= 0.3 is 0 Å². The van der Waals surface area contributed by atoms with Crippen LogP contribution in [0.2, 0.25) is 0 Å². The topological polar surface area (TPSA) is 98.3 Å². The minimum absolute atomic E-state index is 0.0601. The summed E-state index contributed by atoms with van der Waals surface area (Å²) in [5.74, 6) is -0.342. The second kappa shape index (κ2) is 6.23. The third kappa shape index (κ3) is 3.59. The molecule has 0 aliphatic carbocycles. The Bertz CT molecular complexity index is 735. The van der Waals surface area contributed by atoms with E-state index in [2.05, 4.69) is 37.2 Å². The van der Waals surface area contributed by atoms with Gasteiger partial charge in [0.05, 0.1) is 10.6 Å². The van der Waals surface area contributed by atoms with Crippen molar-refractivity contribution in [2.75, 3.05) is 11.1 Å². The molecule has 2 aromatic carbocycles. The van der Waals surface area contributed by atoms with Crippen LogP contribution in [0.4, 0.5) is 17.1 Å². The number of non-ortho nitro benzene ring substituents is 1. The van der Waals surface area contributed by atoms with Gasteiger partial charge in [-0.2, -0.15) is 0 Å². The molecule has 0 heterocycles. The van der Waals surface area contributed by atoms with E-state index in [9.17, 15) is 14.9 Å². The van der Waals surface area contributed by atoms with Crippen LogP contribution in [0.25, 0.3) is 0 Å². The minimum atomic E-state index is -0.507. The third-order valence-electron chi connectivity index (χ3n) is 2.67. The molecule has 2 aromatic rings. The highest BCUT2D eigenvalue weighted by atomic mass is 79.9. The van der Waals surface area contributed by atoms with Crippen LogP contribution >= 0.6 is 31.9 Å². The van der Waals surface area contributed by atoms with Gasteiger partial charge in [-0.1, -0.05) is 0 Å². The number of amides is 1. The molecule has 2 rings (SSSR count). The number of hydrogen-bond donors (Lipinski definition) is 2. The Kier molecular flexibility index (Phi) is 4.59. The highest BCUT2D eigenvalue weighted by Gasteiger charge is 2.13. The van der Waals surface area contributed by atoms with Gasteiger partial charge in [-0.3, -0.25) is 14.9 Å². The van der Waals surface area contributed by atoms with Gasteiger partial charge < -0.3 is 11.1 Å². The quantitative estimate of drug-likeness (QED) is 0.451. The van der Waals surface area contributed by atoms with Crippen molar-refractivity contribution in [3.05, 3.63) is 61.0 Å². The van der Waals surface area contributed by atoms with E-state index in [1.807, 2.05) is 0 Å². The molecule has 21 heavy (non-hydrogen) atoms. The van der Waals surface area contributed by atoms with Gasteiger partial charge in [0.2, 0.25) is 0 Å². The summed E-state index contributed by atoms with van der Waals surface area (Å²) < 4.78 is 1.05. The molecule has 0 spiro atoms. The van der Waals surface area contributed by atoms with Gasteiger partial charge in [0, 0.05) is 32.3 Å². The van der Waals surface area contributed by atoms with Crippen LogP contribution < -0.4 is 11.1 Å². The normalized spacial score (nSPS) is 10.2. The summed E-state index contributed by atoms with van der Waals surface area (Å²) in [6, 6.07) is 8.92. The van der Waals surface area contributed by atoms with Crippen LogP contribution in [0.15, 0.2) is 45.3 Å². The number of hydrogen-bond acceptors (Lipinski definition) is 4. The van der Waals surface area contributed by atoms with Gasteiger partial charge in [0.15, 0.2) is 0 Å². The maximum absolute atomic E-state index is 12.1. The Morgan fingerprint density at radius 1 is 1.14 bits per heavy atom. The second-order valence-corrected chi connectivity index (χ2v) is 5.82. The van der Waals surface area contributed by atoms with Gasteiger partial charge in [0.25, 0.3) is 11.6 Å². The molecule has 0 bridgehead atoms. The van der Waals surface area contributed by atoms with E-state index in [4.69, 9.17) is 5.73 Å². The minimum Gasteiger partial charge on any atom is -0.398 e. The fraction of sp³-hybridized carbons (Fsp3) is 0. The van der Waals surface area contributed by atoms with Gasteiger partial charge in [0.1, 0.15) is 0 Å². The van der Waals surface area contributed by atoms with E-state index in [0.29, 0.717) is 25.9 Å². The van der Waals surface area contributed by atoms with E-state index < -0.39 is 4.92 Å². The predicted molar refractivity (Wildman–Crippen MR) is 87.3 cm³/mol. The number of anilines is 2. The smallest absolute Gasteiger partial charge is 0.270 e. The number of rotatable bonds is 3. The van der Waals surface area contributed by atoms with Crippen molar-refractivity contribution in [2.45, 2.75) is 0 Å². The Labute approximate surface area is 136 Å². The molecule has 0 radical (unpaired) electrons. The zero-order valence-corrected chi connectivity index (χ0v) is 13.6. The molecule has 0 fully saturated rings. The summed E-state index contributed by atoms with van der Waals surface area (Å²) in [5, 5.41) is 13.3. The molecule has 0 saturated heterocycles. The van der Waals surface area contributed by atoms with Crippen LogP contribution in [-0.4, -0.2) is 10.8 Å². The lowest BCUT2D eigenvalue weighted by Gasteiger charge is -2.08. The highest BCUT2D eigenvalue weighted by Crippen LogP contribution is 2.28. The zero-order chi connectivity index (χ0) is 15.6. The number of nitrogens with one attached hydrogen (secondary N) is 1. The summed E-state index contributed by atoms with van der Waals surface area (Å²) in [6.07, 6.45) is 0. The predicted octanol–water partition coefficient (Wildman–Crippen LogP) is 3.95. The summed E-state index contributed by atoms with van der Waals surface area (Å²) >= 11 is 6.44. The van der Waals surface area contributed by atoms with Crippen molar-refractivity contribution < 1.29 is 9.72 Å². The summed E-state index contributed by atoms with van der Waals surface area (Å²) in [5.41, 5.74) is 6.99. The average molecular weight is 415 g/mol. The fourth-order valence-electron chi connectivity index (χ4n) is 1.58. The second-order valence-electron chi connectivity index (χ2n) is 4.11. The standard InChI is InChI=1S/C13H9Br2N3O3/c14-9-5-7(1-3-11(9)16)13(19)17-12-4-2-8(18(20)21)6-10(12)15/h1-6H,16H2,(H,17,19). The average Bonchev–Trinajstić information content (AvgIpc) is 2.43. The highest BCUT2D eigenvalue weighted by molar-refractivity contribution is 9.11. The summed E-state index contributed by atoms with van der Waals surface area (Å²) in [6.45, 7) is 0. The van der Waals surface area contributed by atoms with Crippen LogP contribution in [0.3, 0.4) is 0 Å². The number of carbonyl (C=O) groups excluding carboxylic acids is 1. The molecule has 6 nitrogen and oxygen atoms in total. The SMILES string of the molecule is Nc1ccc(C(=O)Nc2ccc([N+](=O)[O-])cc2Br)cc1Br. The largest absolute Gasteiger partial charge is 0.398 e. The molecule has 3 N–H and O–H groups in total. The van der Waals surface area contributed by atoms with Gasteiger partial charge in [-0.15, -0.1) is 0 Å². The lowest BCUT2D eigenvalue weighted by molar-refractivity contribution is -0.384. The molecule has 108 valence electrons. The number of nitrogens with two attached hydrogens (primary N) is 1. The van der Waals surface area contributed by atoms with Crippen LogP contribution in [0, 0.1) is 10.1 Å². The fourth-order valence-corrected chi connectivity index (χ4v) is 2.43. The molecule has 0 atom stereocenters. The first-order valence-electron chi connectivity index (χ1n) is 5.69. The van der Waals surface area contributed by atoms with Crippen LogP contribution in [0.5, 0.6) is 0 Å². The molecule has 8 heteroatoms. The number of nitrogen functional groups attached to an aromatic ring is 1. The molecule has 0 unspecified atom stereocenters. The molecule has 0 aliphatic heterocycles. The molecule has 0 aliphatic rings. The number of nitro benzene ring substituents is 1. The van der Waals surface area contributed by atoms with Crippen molar-refractivity contribution in [3.63, 3.8) is 0 Å². The van der Waals surface area contributed by atoms with E-state index in [1.54, 1.807) is 18.2 Å². The Morgan fingerprint density at radius 3 is 2.43 bits per heavy atom. The number of nitro groups is 1. The summed E-state index contributed by atoms with van der Waals surface area (Å²) in [7, 11) is 0. The number of carbonyl (C=O) groups is 1. The maximum Gasteiger partial charge on any atom is 0.270 e. The van der Waals surface area contributed by atoms with Crippen molar-refractivity contribution >= 4 is 54.8 Å². The summed E-state index contributed by atoms with van der Waals surface area (Å²) in [4.78, 5) is 22.3. The molecular formula is C13H9Br2N3O3. The number of nitrogens with zero attached hydrogens (tertiary/aromatic N) is 1. The monoisotopic (exact) mass is 413 g/mol. The molecule has 0 saturated carbocycles. The van der Waals surface area contributed by atoms with E-state index in [1.165, 1.54) is 18.2 Å². The van der Waals surface area contributed by atoms with Crippen molar-refractivity contribution in [1.82, 2.24) is 0 Å². The van der Waals surface area contributed by atoms with E-state index in [-0.39, 0.29) is 11.6 Å². The molecular weight excluding hydrogens is 406 g/mol. The zero-order valence-electron chi connectivity index (χ0n) is 10.5. The number of halogens is 2. The first-order chi connectivity index (χ1) is 9.88. The Hall–Kier alpha value is -1.93. The van der Waals surface area contributed by atoms with E-state index in [0.717, 1.165) is 0 Å². The van der Waals surface area contributed by atoms with Crippen LogP contribution in [0.1, 0.15) is 10.4 Å². The molecule has 1 amide bonds. The third-order valence-corrected chi connectivity index (χ3v) is 4.02. The molecule has 0 aromatic heterocycles. The van der Waals surface area contributed by atoms with E-state index >= 15 is 0 Å². The Morgan fingerprint density at radius 2 is 1.86 bits per heavy atom. The first kappa shape index (κ1) is 15.5. The number of benzene rings is 2. The maximum atomic E-state index is 12.1. The van der Waals surface area contributed by atoms with Crippen LogP contribution in [-0.2, 0) is 0 Å². The van der Waals surface area contributed by atoms with Gasteiger partial charge in [-0.25, -0.2) is 0 Å². The van der Waals surface area contributed by atoms with Crippen molar-refractivity contribution in [3.8, 4) is 0 Å². The van der Waals surface area contributed by atoms with Crippen molar-refractivity contribution in [2.24, 2.45) is 0 Å². The van der Waals surface area contributed by atoms with Crippen molar-refractivity contribution in [1.29, 1.82) is 0 Å². The Balaban J connectivity index is 2.23. The first-order valence-corrected chi connectivity index (χ1v) is 7.27.